The molecule has 0 atom stereocenters. The van der Waals surface area contributed by atoms with E-state index in [1.54, 1.807) is 31.4 Å². The average molecular weight is 418 g/mol. The number of nitrogens with two attached hydrogens (primary N) is 1. The van der Waals surface area contributed by atoms with Crippen LogP contribution in [-0.2, 0) is 27.8 Å². The first-order chi connectivity index (χ1) is 13.3. The number of fused-ring (bicyclic) bond motifs is 1. The molecule has 0 aliphatic carbocycles. The number of benzene rings is 2. The summed E-state index contributed by atoms with van der Waals surface area (Å²) in [6.07, 6.45) is 1.83. The molecule has 1 heterocycles. The molecule has 0 radical (unpaired) electrons. The predicted octanol–water partition coefficient (Wildman–Crippen LogP) is 2.21. The first kappa shape index (κ1) is 20.0. The lowest BCUT2D eigenvalue weighted by molar-refractivity contribution is -0.117. The van der Waals surface area contributed by atoms with Crippen LogP contribution in [0.4, 0.5) is 0 Å². The molecule has 2 N–H and O–H groups in total. The van der Waals surface area contributed by atoms with Crippen molar-refractivity contribution in [3.05, 3.63) is 65.5 Å². The van der Waals surface area contributed by atoms with Crippen LogP contribution in [0, 0.1) is 0 Å². The number of primary sulfonamides is 1. The third-order valence-electron chi connectivity index (χ3n) is 4.03. The Labute approximate surface area is 166 Å². The van der Waals surface area contributed by atoms with Gasteiger partial charge in [-0.3, -0.25) is 4.79 Å². The number of hydrogen-bond acceptors (Lipinski definition) is 5. The van der Waals surface area contributed by atoms with Crippen molar-refractivity contribution < 1.29 is 17.9 Å². The Balaban J connectivity index is 2.00. The summed E-state index contributed by atoms with van der Waals surface area (Å²) in [7, 11) is -2.23. The van der Waals surface area contributed by atoms with Crippen LogP contribution in [0.2, 0.25) is 0 Å². The molecule has 9 heteroatoms. The van der Waals surface area contributed by atoms with Crippen LogP contribution in [0.3, 0.4) is 0 Å². The lowest BCUT2D eigenvalue weighted by Gasteiger charge is -2.03. The molecule has 0 saturated carbocycles. The normalized spacial score (nSPS) is 12.3. The molecule has 0 bridgehead atoms. The van der Waals surface area contributed by atoms with Crippen LogP contribution in [0.5, 0.6) is 5.75 Å². The summed E-state index contributed by atoms with van der Waals surface area (Å²) >= 11 is 1.23. The molecule has 0 fully saturated rings. The number of rotatable bonds is 6. The molecule has 2 aromatic carbocycles. The third-order valence-corrected chi connectivity index (χ3v) is 5.98. The maximum Gasteiger partial charge on any atom is 0.252 e. The molecular formula is C19H19N3O4S2. The summed E-state index contributed by atoms with van der Waals surface area (Å²) in [6, 6.07) is 11.8. The van der Waals surface area contributed by atoms with Gasteiger partial charge in [-0.25, -0.2) is 13.6 Å². The highest BCUT2D eigenvalue weighted by Gasteiger charge is 2.13. The number of carbonyl (C=O) groups excluding carboxylic acids is 1. The fraction of sp³-hybridized carbons (Fsp3) is 0.158. The molecule has 146 valence electrons. The van der Waals surface area contributed by atoms with E-state index in [0.29, 0.717) is 21.8 Å². The van der Waals surface area contributed by atoms with E-state index in [-0.39, 0.29) is 17.2 Å². The van der Waals surface area contributed by atoms with Gasteiger partial charge in [-0.2, -0.15) is 4.99 Å². The lowest BCUT2D eigenvalue weighted by atomic mass is 10.1. The molecule has 0 aliphatic rings. The lowest BCUT2D eigenvalue weighted by Crippen LogP contribution is -2.17. The second kappa shape index (κ2) is 8.09. The van der Waals surface area contributed by atoms with Gasteiger partial charge in [0.25, 0.3) is 5.91 Å². The van der Waals surface area contributed by atoms with Crippen LogP contribution in [-0.4, -0.2) is 26.0 Å². The number of methoxy groups -OCH3 is 1. The van der Waals surface area contributed by atoms with Gasteiger partial charge in [0, 0.05) is 6.54 Å². The number of carbonyl (C=O) groups is 1. The van der Waals surface area contributed by atoms with Gasteiger partial charge in [0.2, 0.25) is 10.0 Å². The van der Waals surface area contributed by atoms with Gasteiger partial charge >= 0.3 is 0 Å². The highest BCUT2D eigenvalue weighted by atomic mass is 32.2. The second-order valence-corrected chi connectivity index (χ2v) is 8.56. The number of aromatic nitrogens is 1. The minimum Gasteiger partial charge on any atom is -0.497 e. The predicted molar refractivity (Wildman–Crippen MR) is 109 cm³/mol. The molecule has 0 saturated heterocycles. The Morgan fingerprint density at radius 1 is 1.29 bits per heavy atom. The van der Waals surface area contributed by atoms with E-state index in [1.807, 2.05) is 16.7 Å². The van der Waals surface area contributed by atoms with Crippen molar-refractivity contribution in [1.82, 2.24) is 4.57 Å². The Bertz CT molecular complexity index is 1210. The Kier molecular flexibility index (Phi) is 5.78. The monoisotopic (exact) mass is 417 g/mol. The number of ether oxygens (including phenoxy) is 1. The van der Waals surface area contributed by atoms with E-state index in [4.69, 9.17) is 9.88 Å². The molecule has 1 aromatic heterocycles. The zero-order valence-electron chi connectivity index (χ0n) is 15.2. The topological polar surface area (TPSA) is 104 Å². The van der Waals surface area contributed by atoms with Gasteiger partial charge in [-0.15, -0.1) is 6.58 Å². The van der Waals surface area contributed by atoms with Crippen LogP contribution in [0.1, 0.15) is 5.56 Å². The number of nitrogens with zero attached hydrogens (tertiary/aromatic N) is 2. The number of amides is 1. The molecule has 7 nitrogen and oxygen atoms in total. The standard InChI is InChI=1S/C19H19N3O4S2/c1-3-10-22-16-9-8-15(28(20,24)25)12-17(16)27-19(22)21-18(23)11-13-4-6-14(26-2)7-5-13/h3-9,12H,1,10-11H2,2H3,(H2,20,24,25). The van der Waals surface area contributed by atoms with Crippen LogP contribution in [0.25, 0.3) is 10.2 Å². The fourth-order valence-electron chi connectivity index (χ4n) is 2.69. The molecule has 3 aromatic rings. The molecule has 3 rings (SSSR count). The van der Waals surface area contributed by atoms with Gasteiger partial charge in [0.05, 0.1) is 28.6 Å². The number of sulfonamides is 1. The van der Waals surface area contributed by atoms with E-state index < -0.39 is 10.0 Å². The van der Waals surface area contributed by atoms with Crippen molar-refractivity contribution in [2.75, 3.05) is 7.11 Å². The fourth-order valence-corrected chi connectivity index (χ4v) is 4.40. The smallest absolute Gasteiger partial charge is 0.252 e. The highest BCUT2D eigenvalue weighted by Crippen LogP contribution is 2.21. The summed E-state index contributed by atoms with van der Waals surface area (Å²) in [5.41, 5.74) is 1.58. The van der Waals surface area contributed by atoms with Crippen molar-refractivity contribution in [1.29, 1.82) is 0 Å². The average Bonchev–Trinajstić information content (AvgIpc) is 2.98. The minimum atomic E-state index is -3.81. The van der Waals surface area contributed by atoms with E-state index in [0.717, 1.165) is 11.1 Å². The van der Waals surface area contributed by atoms with Crippen molar-refractivity contribution >= 4 is 37.5 Å². The van der Waals surface area contributed by atoms with E-state index in [9.17, 15) is 13.2 Å². The number of thiazole rings is 1. The maximum atomic E-state index is 12.4. The van der Waals surface area contributed by atoms with Crippen molar-refractivity contribution in [2.24, 2.45) is 10.1 Å². The zero-order valence-corrected chi connectivity index (χ0v) is 16.8. The second-order valence-electron chi connectivity index (χ2n) is 5.99. The molecule has 0 aliphatic heterocycles. The van der Waals surface area contributed by atoms with Gasteiger partial charge in [-0.05, 0) is 35.9 Å². The minimum absolute atomic E-state index is 0.0168. The third kappa shape index (κ3) is 4.38. The summed E-state index contributed by atoms with van der Waals surface area (Å²) in [5.74, 6) is 0.410. The van der Waals surface area contributed by atoms with Gasteiger partial charge in [0.15, 0.2) is 4.80 Å². The summed E-state index contributed by atoms with van der Waals surface area (Å²) in [5, 5.41) is 5.21. The molecule has 1 amide bonds. The van der Waals surface area contributed by atoms with Crippen LogP contribution < -0.4 is 14.7 Å². The summed E-state index contributed by atoms with van der Waals surface area (Å²) in [4.78, 5) is 17.2. The molecule has 0 unspecified atom stereocenters. The Morgan fingerprint density at radius 3 is 2.61 bits per heavy atom. The van der Waals surface area contributed by atoms with Crippen molar-refractivity contribution in [3.8, 4) is 5.75 Å². The van der Waals surface area contributed by atoms with Gasteiger partial charge in [-0.1, -0.05) is 29.5 Å². The quantitative estimate of drug-likeness (QED) is 0.621. The molecule has 0 spiro atoms. The van der Waals surface area contributed by atoms with E-state index in [2.05, 4.69) is 11.6 Å². The highest BCUT2D eigenvalue weighted by molar-refractivity contribution is 7.89. The zero-order chi connectivity index (χ0) is 20.3. The first-order valence-corrected chi connectivity index (χ1v) is 10.7. The van der Waals surface area contributed by atoms with Crippen LogP contribution in [0.15, 0.2) is 65.0 Å². The largest absolute Gasteiger partial charge is 0.497 e. The van der Waals surface area contributed by atoms with Crippen LogP contribution >= 0.6 is 11.3 Å². The van der Waals surface area contributed by atoms with Crippen molar-refractivity contribution in [2.45, 2.75) is 17.9 Å². The molecular weight excluding hydrogens is 398 g/mol. The summed E-state index contributed by atoms with van der Waals surface area (Å²) in [6.45, 7) is 4.17. The maximum absolute atomic E-state index is 12.4. The Morgan fingerprint density at radius 2 is 2.00 bits per heavy atom. The van der Waals surface area contributed by atoms with Crippen molar-refractivity contribution in [3.63, 3.8) is 0 Å². The SMILES string of the molecule is C=CCn1c(=NC(=O)Cc2ccc(OC)cc2)sc2cc(S(N)(=O)=O)ccc21. The Hall–Kier alpha value is -2.75. The van der Waals surface area contributed by atoms with E-state index >= 15 is 0 Å². The van der Waals surface area contributed by atoms with Gasteiger partial charge in [0.1, 0.15) is 5.75 Å². The number of hydrogen-bond donors (Lipinski definition) is 1. The first-order valence-electron chi connectivity index (χ1n) is 8.29. The summed E-state index contributed by atoms with van der Waals surface area (Å²) < 4.78 is 30.8. The van der Waals surface area contributed by atoms with Gasteiger partial charge < -0.3 is 9.30 Å². The number of allylic oxidation sites excluding steroid dienone is 1. The van der Waals surface area contributed by atoms with E-state index in [1.165, 1.54) is 23.5 Å². The molecule has 28 heavy (non-hydrogen) atoms.